The number of esters is 2. The van der Waals surface area contributed by atoms with Gasteiger partial charge in [0, 0.05) is 11.4 Å². The average Bonchev–Trinajstić information content (AvgIpc) is 2.78. The number of carbonyl (C=O) groups is 2. The van der Waals surface area contributed by atoms with Gasteiger partial charge in [-0.2, -0.15) is 4.98 Å². The molecule has 0 spiro atoms. The number of ether oxygens (including phenoxy) is 2. The van der Waals surface area contributed by atoms with Crippen molar-refractivity contribution in [2.75, 3.05) is 24.9 Å². The van der Waals surface area contributed by atoms with Crippen molar-refractivity contribution in [1.82, 2.24) is 9.97 Å². The van der Waals surface area contributed by atoms with E-state index in [1.807, 2.05) is 0 Å². The number of anilines is 4. The van der Waals surface area contributed by atoms with Crippen LogP contribution in [0.15, 0.2) is 54.7 Å². The molecule has 2 aromatic carbocycles. The van der Waals surface area contributed by atoms with Gasteiger partial charge in [-0.1, -0.05) is 24.3 Å². The van der Waals surface area contributed by atoms with E-state index in [4.69, 9.17) is 0 Å². The highest BCUT2D eigenvalue weighted by Gasteiger charge is 2.09. The Labute approximate surface area is 178 Å². The number of carbonyl (C=O) groups excluding carboxylic acids is 2. The molecule has 0 atom stereocenters. The molecule has 0 saturated heterocycles. The summed E-state index contributed by atoms with van der Waals surface area (Å²) < 4.78 is 23.5. The molecule has 0 aliphatic heterocycles. The zero-order valence-corrected chi connectivity index (χ0v) is 17.0. The first-order chi connectivity index (χ1) is 15.0. The highest BCUT2D eigenvalue weighted by molar-refractivity contribution is 5.73. The van der Waals surface area contributed by atoms with Gasteiger partial charge in [-0.25, -0.2) is 9.37 Å². The van der Waals surface area contributed by atoms with Crippen LogP contribution in [-0.2, 0) is 31.9 Å². The molecular formula is C22H21FN4O4. The minimum atomic E-state index is -0.613. The molecule has 3 aromatic rings. The first kappa shape index (κ1) is 21.7. The second-order valence-corrected chi connectivity index (χ2v) is 6.54. The van der Waals surface area contributed by atoms with Gasteiger partial charge < -0.3 is 20.1 Å². The van der Waals surface area contributed by atoms with E-state index in [9.17, 15) is 14.0 Å². The minimum absolute atomic E-state index is 0.000490. The average molecular weight is 424 g/mol. The molecule has 1 heterocycles. The smallest absolute Gasteiger partial charge is 0.309 e. The topological polar surface area (TPSA) is 102 Å². The Kier molecular flexibility index (Phi) is 7.10. The molecule has 0 saturated carbocycles. The molecule has 0 amide bonds. The maximum atomic E-state index is 14.2. The van der Waals surface area contributed by atoms with Gasteiger partial charge in [0.1, 0.15) is 0 Å². The number of methoxy groups -OCH3 is 2. The molecule has 3 rings (SSSR count). The van der Waals surface area contributed by atoms with Crippen LogP contribution < -0.4 is 10.6 Å². The largest absolute Gasteiger partial charge is 0.469 e. The molecular weight excluding hydrogens is 403 g/mol. The predicted octanol–water partition coefficient (Wildman–Crippen LogP) is 3.53. The molecule has 0 aliphatic carbocycles. The normalized spacial score (nSPS) is 10.3. The van der Waals surface area contributed by atoms with Gasteiger partial charge in [0.15, 0.2) is 11.6 Å². The Bertz CT molecular complexity index is 1060. The van der Waals surface area contributed by atoms with Gasteiger partial charge in [-0.15, -0.1) is 0 Å². The van der Waals surface area contributed by atoms with Crippen molar-refractivity contribution in [1.29, 1.82) is 0 Å². The lowest BCUT2D eigenvalue weighted by Gasteiger charge is -2.10. The van der Waals surface area contributed by atoms with Crippen LogP contribution in [0, 0.1) is 5.82 Å². The number of benzene rings is 2. The molecule has 160 valence electrons. The summed E-state index contributed by atoms with van der Waals surface area (Å²) in [6.07, 6.45) is 1.40. The van der Waals surface area contributed by atoms with E-state index in [1.54, 1.807) is 48.5 Å². The Morgan fingerprint density at radius 3 is 1.81 bits per heavy atom. The van der Waals surface area contributed by atoms with Crippen LogP contribution in [0.3, 0.4) is 0 Å². The van der Waals surface area contributed by atoms with Crippen molar-refractivity contribution < 1.29 is 23.5 Å². The van der Waals surface area contributed by atoms with Gasteiger partial charge in [-0.05, 0) is 35.4 Å². The van der Waals surface area contributed by atoms with Crippen LogP contribution in [0.5, 0.6) is 0 Å². The molecule has 1 aromatic heterocycles. The monoisotopic (exact) mass is 424 g/mol. The van der Waals surface area contributed by atoms with Gasteiger partial charge in [-0.3, -0.25) is 9.59 Å². The molecule has 8 nitrogen and oxygen atoms in total. The van der Waals surface area contributed by atoms with Gasteiger partial charge in [0.2, 0.25) is 5.95 Å². The summed E-state index contributed by atoms with van der Waals surface area (Å²) in [6, 6.07) is 14.0. The maximum absolute atomic E-state index is 14.2. The standard InChI is InChI=1S/C22H21FN4O4/c1-30-19(28)11-14-3-7-16(8-4-14)25-21-18(23)13-24-22(27-21)26-17-9-5-15(6-10-17)12-20(29)31-2/h3-10,13H,11-12H2,1-2H3,(H2,24,25,26,27). The van der Waals surface area contributed by atoms with E-state index < -0.39 is 5.82 Å². The molecule has 0 radical (unpaired) electrons. The van der Waals surface area contributed by atoms with E-state index in [0.29, 0.717) is 11.4 Å². The predicted molar refractivity (Wildman–Crippen MR) is 113 cm³/mol. The number of nitrogens with zero attached hydrogens (tertiary/aromatic N) is 2. The SMILES string of the molecule is COC(=O)Cc1ccc(Nc2ncc(F)c(Nc3ccc(CC(=O)OC)cc3)n2)cc1. The summed E-state index contributed by atoms with van der Waals surface area (Å²) >= 11 is 0. The van der Waals surface area contributed by atoms with E-state index in [-0.39, 0.29) is 36.5 Å². The van der Waals surface area contributed by atoms with Crippen molar-refractivity contribution >= 4 is 35.1 Å². The summed E-state index contributed by atoms with van der Waals surface area (Å²) in [5.41, 5.74) is 2.86. The molecule has 0 bridgehead atoms. The first-order valence-electron chi connectivity index (χ1n) is 9.35. The highest BCUT2D eigenvalue weighted by Crippen LogP contribution is 2.21. The van der Waals surface area contributed by atoms with Crippen molar-refractivity contribution in [3.63, 3.8) is 0 Å². The summed E-state index contributed by atoms with van der Waals surface area (Å²) in [7, 11) is 2.67. The molecule has 0 aliphatic rings. The van der Waals surface area contributed by atoms with E-state index in [2.05, 4.69) is 30.1 Å². The number of aromatic nitrogens is 2. The fourth-order valence-corrected chi connectivity index (χ4v) is 2.67. The third-order valence-electron chi connectivity index (χ3n) is 4.32. The summed E-state index contributed by atoms with van der Waals surface area (Å²) in [6.45, 7) is 0. The van der Waals surface area contributed by atoms with E-state index in [0.717, 1.165) is 17.3 Å². The highest BCUT2D eigenvalue weighted by atomic mass is 19.1. The first-order valence-corrected chi connectivity index (χ1v) is 9.35. The quantitative estimate of drug-likeness (QED) is 0.530. The summed E-state index contributed by atoms with van der Waals surface area (Å²) in [4.78, 5) is 30.8. The Morgan fingerprint density at radius 2 is 1.32 bits per heavy atom. The second kappa shape index (κ2) is 10.1. The van der Waals surface area contributed by atoms with Crippen molar-refractivity contribution in [2.45, 2.75) is 12.8 Å². The number of nitrogens with one attached hydrogen (secondary N) is 2. The zero-order valence-electron chi connectivity index (χ0n) is 17.0. The Balaban J connectivity index is 1.67. The molecule has 0 unspecified atom stereocenters. The van der Waals surface area contributed by atoms with Crippen LogP contribution >= 0.6 is 0 Å². The second-order valence-electron chi connectivity index (χ2n) is 6.54. The van der Waals surface area contributed by atoms with Crippen LogP contribution in [0.25, 0.3) is 0 Å². The lowest BCUT2D eigenvalue weighted by Crippen LogP contribution is -2.05. The lowest BCUT2D eigenvalue weighted by molar-refractivity contribution is -0.140. The number of hydrogen-bond donors (Lipinski definition) is 2. The summed E-state index contributed by atoms with van der Waals surface area (Å²) in [5.74, 6) is -1.07. The van der Waals surface area contributed by atoms with Crippen molar-refractivity contribution in [3.05, 3.63) is 71.7 Å². The molecule has 0 fully saturated rings. The maximum Gasteiger partial charge on any atom is 0.309 e. The third-order valence-corrected chi connectivity index (χ3v) is 4.32. The van der Waals surface area contributed by atoms with Gasteiger partial charge in [0.25, 0.3) is 0 Å². The minimum Gasteiger partial charge on any atom is -0.469 e. The van der Waals surface area contributed by atoms with Crippen molar-refractivity contribution in [2.24, 2.45) is 0 Å². The van der Waals surface area contributed by atoms with Crippen molar-refractivity contribution in [3.8, 4) is 0 Å². The zero-order chi connectivity index (χ0) is 22.2. The van der Waals surface area contributed by atoms with E-state index >= 15 is 0 Å². The fraction of sp³-hybridized carbons (Fsp3) is 0.182. The van der Waals surface area contributed by atoms with Crippen LogP contribution in [-0.4, -0.2) is 36.1 Å². The number of halogens is 1. The lowest BCUT2D eigenvalue weighted by atomic mass is 10.1. The number of rotatable bonds is 8. The Morgan fingerprint density at radius 1 is 0.839 bits per heavy atom. The van der Waals surface area contributed by atoms with Gasteiger partial charge in [0.05, 0.1) is 33.3 Å². The molecule has 2 N–H and O–H groups in total. The van der Waals surface area contributed by atoms with Gasteiger partial charge >= 0.3 is 11.9 Å². The van der Waals surface area contributed by atoms with Crippen LogP contribution in [0.2, 0.25) is 0 Å². The summed E-state index contributed by atoms with van der Waals surface area (Å²) in [5, 5.41) is 5.89. The number of hydrogen-bond acceptors (Lipinski definition) is 8. The fourth-order valence-electron chi connectivity index (χ4n) is 2.67. The third kappa shape index (κ3) is 6.23. The molecule has 9 heteroatoms. The van der Waals surface area contributed by atoms with Crippen LogP contribution in [0.1, 0.15) is 11.1 Å². The van der Waals surface area contributed by atoms with E-state index in [1.165, 1.54) is 14.2 Å². The Hall–Kier alpha value is -4.01. The van der Waals surface area contributed by atoms with Crippen LogP contribution in [0.4, 0.5) is 27.5 Å². The molecule has 31 heavy (non-hydrogen) atoms.